The van der Waals surface area contributed by atoms with Crippen LogP contribution >= 0.6 is 39.3 Å². The van der Waals surface area contributed by atoms with Crippen molar-refractivity contribution in [2.75, 3.05) is 33.4 Å². The fraction of sp³-hybridized carbons (Fsp3) is 0.368. The molecule has 3 rings (SSSR count). The smallest absolute Gasteiger partial charge is 0.343 e. The van der Waals surface area contributed by atoms with E-state index in [-0.39, 0.29) is 34.7 Å². The zero-order valence-electron chi connectivity index (χ0n) is 16.0. The van der Waals surface area contributed by atoms with Crippen LogP contribution in [0.1, 0.15) is 18.4 Å². The van der Waals surface area contributed by atoms with Gasteiger partial charge in [-0.1, -0.05) is 11.6 Å². The Bertz CT molecular complexity index is 909. The van der Waals surface area contributed by atoms with Crippen LogP contribution in [0.5, 0.6) is 5.75 Å². The zero-order valence-corrected chi connectivity index (χ0v) is 19.1. The molecular formula is C19H18BrClN2O6S. The van der Waals surface area contributed by atoms with Crippen molar-refractivity contribution in [3.05, 3.63) is 32.1 Å². The number of carbonyl (C=O) groups excluding carboxylic acids is 4. The van der Waals surface area contributed by atoms with Gasteiger partial charge in [-0.25, -0.2) is 4.79 Å². The molecule has 30 heavy (non-hydrogen) atoms. The first kappa shape index (κ1) is 22.6. The SMILES string of the molecule is COC(=O)COc1c(Cl)cc(/C=C2/SC(=O)N(CC(=O)N3CCCC3)C2=O)cc1Br. The summed E-state index contributed by atoms with van der Waals surface area (Å²) in [5.74, 6) is -1.05. The number of likely N-dealkylation sites (tertiary alicyclic amines) is 1. The highest BCUT2D eigenvalue weighted by Gasteiger charge is 2.37. The predicted octanol–water partition coefficient (Wildman–Crippen LogP) is 3.31. The third kappa shape index (κ3) is 5.16. The summed E-state index contributed by atoms with van der Waals surface area (Å²) in [6, 6.07) is 3.18. The lowest BCUT2D eigenvalue weighted by molar-refractivity contribution is -0.143. The number of amides is 3. The minimum absolute atomic E-state index is 0.195. The van der Waals surface area contributed by atoms with E-state index in [1.807, 2.05) is 0 Å². The third-order valence-electron chi connectivity index (χ3n) is 4.51. The van der Waals surface area contributed by atoms with Crippen LogP contribution in [0.4, 0.5) is 4.79 Å². The summed E-state index contributed by atoms with van der Waals surface area (Å²) >= 11 is 10.3. The van der Waals surface area contributed by atoms with E-state index in [2.05, 4.69) is 20.7 Å². The molecule has 0 aliphatic carbocycles. The number of rotatable bonds is 6. The second-order valence-corrected chi connectivity index (χ2v) is 8.79. The van der Waals surface area contributed by atoms with Gasteiger partial charge in [-0.15, -0.1) is 0 Å². The molecule has 2 fully saturated rings. The summed E-state index contributed by atoms with van der Waals surface area (Å²) < 4.78 is 10.3. The molecule has 0 radical (unpaired) electrons. The van der Waals surface area contributed by atoms with Gasteiger partial charge in [0.05, 0.1) is 21.5 Å². The number of hydrogen-bond acceptors (Lipinski definition) is 7. The number of carbonyl (C=O) groups is 4. The quantitative estimate of drug-likeness (QED) is 0.422. The van der Waals surface area contributed by atoms with Crippen molar-refractivity contribution < 1.29 is 28.7 Å². The highest BCUT2D eigenvalue weighted by molar-refractivity contribution is 9.10. The molecule has 0 unspecified atom stereocenters. The maximum atomic E-state index is 12.6. The lowest BCUT2D eigenvalue weighted by Crippen LogP contribution is -2.40. The van der Waals surface area contributed by atoms with Gasteiger partial charge in [-0.05, 0) is 64.3 Å². The van der Waals surface area contributed by atoms with Gasteiger partial charge in [0.25, 0.3) is 11.1 Å². The summed E-state index contributed by atoms with van der Waals surface area (Å²) in [6.45, 7) is 0.745. The van der Waals surface area contributed by atoms with Crippen molar-refractivity contribution in [3.63, 3.8) is 0 Å². The Labute approximate surface area is 190 Å². The van der Waals surface area contributed by atoms with E-state index in [0.29, 0.717) is 23.1 Å². The maximum Gasteiger partial charge on any atom is 0.343 e. The van der Waals surface area contributed by atoms with E-state index >= 15 is 0 Å². The number of nitrogens with zero attached hydrogens (tertiary/aromatic N) is 2. The fourth-order valence-electron chi connectivity index (χ4n) is 2.98. The Morgan fingerprint density at radius 2 is 1.97 bits per heavy atom. The average Bonchev–Trinajstić information content (AvgIpc) is 3.32. The second kappa shape index (κ2) is 9.84. The molecule has 2 aliphatic heterocycles. The van der Waals surface area contributed by atoms with E-state index in [4.69, 9.17) is 16.3 Å². The van der Waals surface area contributed by atoms with Crippen LogP contribution in [-0.4, -0.2) is 66.2 Å². The molecule has 0 aromatic heterocycles. The molecule has 8 nitrogen and oxygen atoms in total. The number of hydrogen-bond donors (Lipinski definition) is 0. The molecule has 11 heteroatoms. The van der Waals surface area contributed by atoms with Gasteiger partial charge < -0.3 is 14.4 Å². The van der Waals surface area contributed by atoms with E-state index in [1.54, 1.807) is 17.0 Å². The first-order chi connectivity index (χ1) is 14.3. The number of ether oxygens (including phenoxy) is 2. The molecule has 160 valence electrons. The van der Waals surface area contributed by atoms with Crippen molar-refractivity contribution in [2.24, 2.45) is 0 Å². The molecule has 2 heterocycles. The number of esters is 1. The number of thioether (sulfide) groups is 1. The molecule has 1 aromatic rings. The second-order valence-electron chi connectivity index (χ2n) is 6.53. The van der Waals surface area contributed by atoms with Gasteiger partial charge in [0, 0.05) is 13.1 Å². The zero-order chi connectivity index (χ0) is 21.8. The van der Waals surface area contributed by atoms with Crippen LogP contribution in [0.2, 0.25) is 5.02 Å². The van der Waals surface area contributed by atoms with Gasteiger partial charge >= 0.3 is 5.97 Å². The number of imide groups is 1. The van der Waals surface area contributed by atoms with Gasteiger partial charge in [-0.3, -0.25) is 19.3 Å². The number of methoxy groups -OCH3 is 1. The summed E-state index contributed by atoms with van der Waals surface area (Å²) in [5.41, 5.74) is 0.550. The normalized spacial score (nSPS) is 17.8. The molecule has 0 atom stereocenters. The van der Waals surface area contributed by atoms with Gasteiger partial charge in [0.15, 0.2) is 12.4 Å². The van der Waals surface area contributed by atoms with E-state index in [1.165, 1.54) is 13.2 Å². The van der Waals surface area contributed by atoms with Crippen LogP contribution in [0.25, 0.3) is 6.08 Å². The van der Waals surface area contributed by atoms with E-state index in [9.17, 15) is 19.2 Å². The van der Waals surface area contributed by atoms with Crippen LogP contribution < -0.4 is 4.74 Å². The first-order valence-electron chi connectivity index (χ1n) is 9.02. The highest BCUT2D eigenvalue weighted by atomic mass is 79.9. The summed E-state index contributed by atoms with van der Waals surface area (Å²) in [6.07, 6.45) is 3.39. The Morgan fingerprint density at radius 3 is 2.60 bits per heavy atom. The molecule has 3 amide bonds. The number of benzene rings is 1. The molecule has 0 spiro atoms. The fourth-order valence-corrected chi connectivity index (χ4v) is 4.81. The Morgan fingerprint density at radius 1 is 1.27 bits per heavy atom. The minimum Gasteiger partial charge on any atom is -0.479 e. The van der Waals surface area contributed by atoms with Crippen molar-refractivity contribution in [3.8, 4) is 5.75 Å². The molecule has 1 aromatic carbocycles. The van der Waals surface area contributed by atoms with Crippen LogP contribution in [-0.2, 0) is 19.1 Å². The molecular weight excluding hydrogens is 500 g/mol. The van der Waals surface area contributed by atoms with E-state index in [0.717, 1.165) is 29.5 Å². The molecule has 0 saturated carbocycles. The van der Waals surface area contributed by atoms with Crippen LogP contribution in [0.15, 0.2) is 21.5 Å². The molecule has 0 bridgehead atoms. The van der Waals surface area contributed by atoms with Gasteiger partial charge in [0.1, 0.15) is 6.54 Å². The van der Waals surface area contributed by atoms with Crippen molar-refractivity contribution in [1.29, 1.82) is 0 Å². The standard InChI is InChI=1S/C19H18BrClN2O6S/c1-28-16(25)10-29-17-12(20)6-11(7-13(17)21)8-14-18(26)23(19(27)30-14)9-15(24)22-4-2-3-5-22/h6-8H,2-5,9-10H2,1H3/b14-8+. The molecule has 2 saturated heterocycles. The monoisotopic (exact) mass is 516 g/mol. The Hall–Kier alpha value is -2.04. The third-order valence-corrected chi connectivity index (χ3v) is 6.28. The lowest BCUT2D eigenvalue weighted by atomic mass is 10.2. The summed E-state index contributed by atoms with van der Waals surface area (Å²) in [7, 11) is 1.25. The number of halogens is 2. The van der Waals surface area contributed by atoms with Crippen molar-refractivity contribution >= 4 is 68.4 Å². The van der Waals surface area contributed by atoms with Crippen LogP contribution in [0, 0.1) is 0 Å². The molecule has 2 aliphatic rings. The summed E-state index contributed by atoms with van der Waals surface area (Å²) in [4.78, 5) is 51.3. The Balaban J connectivity index is 1.73. The first-order valence-corrected chi connectivity index (χ1v) is 11.0. The highest BCUT2D eigenvalue weighted by Crippen LogP contribution is 2.37. The van der Waals surface area contributed by atoms with Crippen LogP contribution in [0.3, 0.4) is 0 Å². The Kier molecular flexibility index (Phi) is 7.43. The van der Waals surface area contributed by atoms with Gasteiger partial charge in [-0.2, -0.15) is 0 Å². The minimum atomic E-state index is -0.556. The predicted molar refractivity (Wildman–Crippen MR) is 115 cm³/mol. The van der Waals surface area contributed by atoms with Crippen molar-refractivity contribution in [1.82, 2.24) is 9.80 Å². The van der Waals surface area contributed by atoms with Crippen molar-refractivity contribution in [2.45, 2.75) is 12.8 Å². The largest absolute Gasteiger partial charge is 0.479 e. The summed E-state index contributed by atoms with van der Waals surface area (Å²) in [5, 5.41) is -0.273. The lowest BCUT2D eigenvalue weighted by Gasteiger charge is -2.18. The van der Waals surface area contributed by atoms with E-state index < -0.39 is 17.1 Å². The topological polar surface area (TPSA) is 93.2 Å². The maximum absolute atomic E-state index is 12.6. The van der Waals surface area contributed by atoms with Gasteiger partial charge in [0.2, 0.25) is 5.91 Å². The molecule has 0 N–H and O–H groups in total. The average molecular weight is 518 g/mol.